The summed E-state index contributed by atoms with van der Waals surface area (Å²) >= 11 is 0. The van der Waals surface area contributed by atoms with E-state index in [1.165, 1.54) is 0 Å². The van der Waals surface area contributed by atoms with E-state index in [1.807, 2.05) is 65.6 Å². The van der Waals surface area contributed by atoms with Crippen molar-refractivity contribution in [2.45, 2.75) is 45.1 Å². The van der Waals surface area contributed by atoms with Gasteiger partial charge in [-0.15, -0.1) is 0 Å². The Morgan fingerprint density at radius 1 is 1.00 bits per heavy atom. The molecular weight excluding hydrogens is 390 g/mol. The fourth-order valence-corrected chi connectivity index (χ4v) is 5.23. The second-order valence-electron chi connectivity index (χ2n) is 8.47. The van der Waals surface area contributed by atoms with Gasteiger partial charge in [0.1, 0.15) is 11.3 Å². The molecule has 2 fully saturated rings. The minimum atomic E-state index is -1.12. The van der Waals surface area contributed by atoms with Gasteiger partial charge in [-0.3, -0.25) is 14.4 Å². The van der Waals surface area contributed by atoms with Gasteiger partial charge in [0.25, 0.3) is 0 Å². The lowest BCUT2D eigenvalue weighted by Gasteiger charge is -2.46. The molecule has 5 nitrogen and oxygen atoms in total. The monoisotopic (exact) mass is 419 g/mol. The fraction of sp³-hybridized carbons (Fsp3) is 0.423. The van der Waals surface area contributed by atoms with Gasteiger partial charge in [0, 0.05) is 6.54 Å². The minimum Gasteiger partial charge on any atom is -0.465 e. The van der Waals surface area contributed by atoms with Crippen molar-refractivity contribution >= 4 is 17.7 Å². The number of ketones is 1. The topological polar surface area (TPSA) is 63.7 Å². The van der Waals surface area contributed by atoms with Crippen molar-refractivity contribution < 1.29 is 19.1 Å². The highest BCUT2D eigenvalue weighted by Crippen LogP contribution is 2.46. The fourth-order valence-electron chi connectivity index (χ4n) is 5.23. The largest absolute Gasteiger partial charge is 0.465 e. The second-order valence-corrected chi connectivity index (χ2v) is 8.47. The summed E-state index contributed by atoms with van der Waals surface area (Å²) < 4.78 is 5.15. The summed E-state index contributed by atoms with van der Waals surface area (Å²) in [6.07, 6.45) is 2.90. The minimum absolute atomic E-state index is 0.143. The van der Waals surface area contributed by atoms with Gasteiger partial charge in [0.2, 0.25) is 5.91 Å². The summed E-state index contributed by atoms with van der Waals surface area (Å²) in [5.41, 5.74) is 0.920. The standard InChI is InChI=1S/C26H29NO4/c1-2-31-24(29)21-15-9-16-26(23(21)28)17-10-18-27(25(26)30)22(19-11-5-3-6-12-19)20-13-7-4-8-14-20/h3-8,11-14,21-22H,2,9-10,15-18H2,1H3/t21?,26-/m0/s1. The van der Waals surface area contributed by atoms with Crippen LogP contribution in [0.5, 0.6) is 0 Å². The van der Waals surface area contributed by atoms with Gasteiger partial charge in [0.15, 0.2) is 5.78 Å². The summed E-state index contributed by atoms with van der Waals surface area (Å²) in [7, 11) is 0. The van der Waals surface area contributed by atoms with E-state index in [0.717, 1.165) is 17.5 Å². The Kier molecular flexibility index (Phi) is 6.21. The molecule has 1 spiro atoms. The number of hydrogen-bond donors (Lipinski definition) is 0. The Balaban J connectivity index is 1.71. The molecule has 1 aliphatic heterocycles. The first-order chi connectivity index (χ1) is 15.1. The quantitative estimate of drug-likeness (QED) is 0.535. The molecule has 0 N–H and O–H groups in total. The first kappa shape index (κ1) is 21.3. The van der Waals surface area contributed by atoms with Crippen molar-refractivity contribution in [3.8, 4) is 0 Å². The molecule has 162 valence electrons. The molecule has 1 unspecified atom stereocenters. The van der Waals surface area contributed by atoms with Crippen molar-refractivity contribution in [3.63, 3.8) is 0 Å². The molecule has 1 saturated carbocycles. The number of likely N-dealkylation sites (tertiary alicyclic amines) is 1. The van der Waals surface area contributed by atoms with Crippen LogP contribution in [0.1, 0.15) is 56.2 Å². The molecule has 31 heavy (non-hydrogen) atoms. The maximum absolute atomic E-state index is 14.0. The second kappa shape index (κ2) is 9.04. The van der Waals surface area contributed by atoms with E-state index in [0.29, 0.717) is 32.2 Å². The molecule has 1 heterocycles. The van der Waals surface area contributed by atoms with Crippen molar-refractivity contribution in [2.75, 3.05) is 13.2 Å². The molecule has 2 atom stereocenters. The van der Waals surface area contributed by atoms with Crippen LogP contribution in [0, 0.1) is 11.3 Å². The molecule has 1 aliphatic carbocycles. The lowest BCUT2D eigenvalue weighted by molar-refractivity contribution is -0.165. The lowest BCUT2D eigenvalue weighted by Crippen LogP contribution is -2.57. The first-order valence-electron chi connectivity index (χ1n) is 11.2. The molecular formula is C26H29NO4. The third kappa shape index (κ3) is 3.89. The number of benzene rings is 2. The van der Waals surface area contributed by atoms with Gasteiger partial charge in [-0.2, -0.15) is 0 Å². The van der Waals surface area contributed by atoms with E-state index < -0.39 is 17.3 Å². The molecule has 1 amide bonds. The number of rotatable bonds is 5. The summed E-state index contributed by atoms with van der Waals surface area (Å²) in [5, 5.41) is 0. The molecule has 2 aromatic carbocycles. The van der Waals surface area contributed by atoms with E-state index >= 15 is 0 Å². The van der Waals surface area contributed by atoms with Gasteiger partial charge in [0.05, 0.1) is 12.6 Å². The van der Waals surface area contributed by atoms with Crippen molar-refractivity contribution in [3.05, 3.63) is 71.8 Å². The highest BCUT2D eigenvalue weighted by Gasteiger charge is 2.56. The van der Waals surface area contributed by atoms with Gasteiger partial charge >= 0.3 is 5.97 Å². The highest BCUT2D eigenvalue weighted by molar-refractivity contribution is 6.13. The van der Waals surface area contributed by atoms with E-state index in [9.17, 15) is 14.4 Å². The molecule has 2 aliphatic rings. The number of Topliss-reactive ketones (excluding diaryl/α,β-unsaturated/α-hetero) is 1. The summed E-state index contributed by atoms with van der Waals surface area (Å²) in [4.78, 5) is 41.8. The average Bonchev–Trinajstić information content (AvgIpc) is 2.80. The summed E-state index contributed by atoms with van der Waals surface area (Å²) in [6.45, 7) is 2.56. The summed E-state index contributed by atoms with van der Waals surface area (Å²) in [5.74, 6) is -1.70. The smallest absolute Gasteiger partial charge is 0.316 e. The number of amides is 1. The van der Waals surface area contributed by atoms with E-state index in [2.05, 4.69) is 0 Å². The van der Waals surface area contributed by atoms with Gasteiger partial charge in [-0.05, 0) is 43.7 Å². The van der Waals surface area contributed by atoms with Gasteiger partial charge in [-0.25, -0.2) is 0 Å². The zero-order chi connectivity index (χ0) is 21.8. The lowest BCUT2D eigenvalue weighted by atomic mass is 9.63. The van der Waals surface area contributed by atoms with Crippen molar-refractivity contribution in [2.24, 2.45) is 11.3 Å². The number of piperidine rings is 1. The SMILES string of the molecule is CCOC(=O)C1CCC[C@]2(CCCN(C(c3ccccc3)c3ccccc3)C2=O)C1=O. The Labute approximate surface area is 183 Å². The molecule has 0 aromatic heterocycles. The van der Waals surface area contributed by atoms with E-state index in [1.54, 1.807) is 6.92 Å². The number of carbonyl (C=O) groups is 3. The maximum Gasteiger partial charge on any atom is 0.316 e. The zero-order valence-electron chi connectivity index (χ0n) is 18.0. The number of ether oxygens (including phenoxy) is 1. The van der Waals surface area contributed by atoms with Crippen LogP contribution in [0.4, 0.5) is 0 Å². The van der Waals surface area contributed by atoms with Crippen LogP contribution in [-0.4, -0.2) is 35.7 Å². The van der Waals surface area contributed by atoms with Crippen LogP contribution in [-0.2, 0) is 19.1 Å². The molecule has 1 saturated heterocycles. The predicted molar refractivity (Wildman–Crippen MR) is 117 cm³/mol. The highest BCUT2D eigenvalue weighted by atomic mass is 16.5. The van der Waals surface area contributed by atoms with E-state index in [-0.39, 0.29) is 24.3 Å². The molecule has 2 aromatic rings. The molecule has 4 rings (SSSR count). The number of hydrogen-bond acceptors (Lipinski definition) is 4. The van der Waals surface area contributed by atoms with E-state index in [4.69, 9.17) is 4.74 Å². The zero-order valence-corrected chi connectivity index (χ0v) is 18.0. The third-order valence-corrected chi connectivity index (χ3v) is 6.67. The number of carbonyl (C=O) groups excluding carboxylic acids is 3. The van der Waals surface area contributed by atoms with Crippen LogP contribution in [0.3, 0.4) is 0 Å². The molecule has 0 bridgehead atoms. The molecule has 0 radical (unpaired) electrons. The van der Waals surface area contributed by atoms with Crippen LogP contribution in [0.25, 0.3) is 0 Å². The average molecular weight is 420 g/mol. The Hall–Kier alpha value is -2.95. The van der Waals surface area contributed by atoms with Gasteiger partial charge < -0.3 is 9.64 Å². The molecule has 5 heteroatoms. The predicted octanol–water partition coefficient (Wildman–Crippen LogP) is 4.32. The Bertz CT molecular complexity index is 899. The van der Waals surface area contributed by atoms with Crippen LogP contribution >= 0.6 is 0 Å². The van der Waals surface area contributed by atoms with Crippen LogP contribution in [0.2, 0.25) is 0 Å². The third-order valence-electron chi connectivity index (χ3n) is 6.67. The summed E-state index contributed by atoms with van der Waals surface area (Å²) in [6, 6.07) is 19.6. The Morgan fingerprint density at radius 2 is 1.58 bits per heavy atom. The van der Waals surface area contributed by atoms with Crippen molar-refractivity contribution in [1.82, 2.24) is 4.90 Å². The van der Waals surface area contributed by atoms with Gasteiger partial charge in [-0.1, -0.05) is 67.1 Å². The number of nitrogens with zero attached hydrogens (tertiary/aromatic N) is 1. The van der Waals surface area contributed by atoms with Crippen molar-refractivity contribution in [1.29, 1.82) is 0 Å². The maximum atomic E-state index is 14.0. The van der Waals surface area contributed by atoms with Crippen LogP contribution < -0.4 is 0 Å². The normalized spacial score (nSPS) is 23.9. The first-order valence-corrected chi connectivity index (χ1v) is 11.2. The Morgan fingerprint density at radius 3 is 2.16 bits per heavy atom. The number of esters is 1. The van der Waals surface area contributed by atoms with Crippen LogP contribution in [0.15, 0.2) is 60.7 Å².